The molecule has 1 unspecified atom stereocenters. The van der Waals surface area contributed by atoms with E-state index in [9.17, 15) is 4.79 Å². The number of nitrogens with one attached hydrogen (secondary N) is 1. The number of piperidine rings is 1. The highest BCUT2D eigenvalue weighted by Crippen LogP contribution is 2.27. The van der Waals surface area contributed by atoms with Crippen molar-refractivity contribution in [3.8, 4) is 0 Å². The van der Waals surface area contributed by atoms with Crippen molar-refractivity contribution in [1.29, 1.82) is 0 Å². The Morgan fingerprint density at radius 1 is 1.41 bits per heavy atom. The van der Waals surface area contributed by atoms with E-state index in [0.29, 0.717) is 12.6 Å². The maximum atomic E-state index is 11.7. The summed E-state index contributed by atoms with van der Waals surface area (Å²) in [6.45, 7) is 6.77. The molecule has 1 amide bonds. The van der Waals surface area contributed by atoms with Gasteiger partial charge in [0.05, 0.1) is 6.54 Å². The van der Waals surface area contributed by atoms with Crippen LogP contribution in [0.1, 0.15) is 33.1 Å². The summed E-state index contributed by atoms with van der Waals surface area (Å²) in [5.41, 5.74) is 6.19. The Hall–Kier alpha value is -0.320. The van der Waals surface area contributed by atoms with Crippen molar-refractivity contribution in [3.63, 3.8) is 0 Å². The maximum Gasteiger partial charge on any atom is 0.234 e. The van der Waals surface area contributed by atoms with Crippen molar-refractivity contribution in [1.82, 2.24) is 10.2 Å². The third-order valence-electron chi connectivity index (χ3n) is 3.70. The van der Waals surface area contributed by atoms with Crippen molar-refractivity contribution >= 4 is 18.3 Å². The Morgan fingerprint density at radius 2 is 2.06 bits per heavy atom. The van der Waals surface area contributed by atoms with Gasteiger partial charge < -0.3 is 11.1 Å². The van der Waals surface area contributed by atoms with Crippen LogP contribution in [-0.4, -0.2) is 42.5 Å². The predicted molar refractivity (Wildman–Crippen MR) is 71.2 cm³/mol. The Balaban J connectivity index is 0.00000144. The first-order valence-corrected chi connectivity index (χ1v) is 6.25. The summed E-state index contributed by atoms with van der Waals surface area (Å²) in [5.74, 6) is 0.175. The average molecular weight is 262 g/mol. The molecule has 0 aromatic heterocycles. The van der Waals surface area contributed by atoms with Crippen LogP contribution in [-0.2, 0) is 4.79 Å². The minimum absolute atomic E-state index is 0. The molecule has 3 N–H and O–H groups in total. The van der Waals surface area contributed by atoms with Crippen LogP contribution in [0.15, 0.2) is 0 Å². The van der Waals surface area contributed by atoms with Crippen LogP contribution >= 0.6 is 12.4 Å². The Labute approximate surface area is 110 Å². The third kappa shape index (κ3) is 4.12. The number of hydrogen-bond acceptors (Lipinski definition) is 3. The monoisotopic (exact) mass is 261 g/mol. The van der Waals surface area contributed by atoms with Crippen LogP contribution in [0, 0.1) is 5.41 Å². The third-order valence-corrected chi connectivity index (χ3v) is 3.70. The molecule has 100 valence electrons. The zero-order chi connectivity index (χ0) is 11.8. The molecule has 0 spiro atoms. The molecule has 0 radical (unpaired) electrons. The number of amides is 1. The molecular weight excluding hydrogens is 238 g/mol. The van der Waals surface area contributed by atoms with E-state index in [1.54, 1.807) is 0 Å². The molecule has 1 saturated heterocycles. The first-order chi connectivity index (χ1) is 7.47. The maximum absolute atomic E-state index is 11.7. The molecule has 17 heavy (non-hydrogen) atoms. The minimum atomic E-state index is 0. The zero-order valence-electron chi connectivity index (χ0n) is 10.7. The molecule has 0 aromatic carbocycles. The van der Waals surface area contributed by atoms with Gasteiger partial charge in [0.15, 0.2) is 0 Å². The number of nitrogens with two attached hydrogens (primary N) is 1. The van der Waals surface area contributed by atoms with Gasteiger partial charge in [-0.15, -0.1) is 12.4 Å². The first kappa shape index (κ1) is 14.7. The topological polar surface area (TPSA) is 58.4 Å². The fraction of sp³-hybridized carbons (Fsp3) is 0.917. The second-order valence-electron chi connectivity index (χ2n) is 5.94. The average Bonchev–Trinajstić information content (AvgIpc) is 2.94. The summed E-state index contributed by atoms with van der Waals surface area (Å²) in [4.78, 5) is 13.9. The molecule has 1 atom stereocenters. The molecule has 5 heteroatoms. The summed E-state index contributed by atoms with van der Waals surface area (Å²) in [6, 6.07) is 0.725. The van der Waals surface area contributed by atoms with Crippen LogP contribution in [0.5, 0.6) is 0 Å². The van der Waals surface area contributed by atoms with Crippen molar-refractivity contribution in [2.24, 2.45) is 11.1 Å². The minimum Gasteiger partial charge on any atom is -0.352 e. The highest BCUT2D eigenvalue weighted by atomic mass is 35.5. The van der Waals surface area contributed by atoms with Crippen LogP contribution in [0.2, 0.25) is 0 Å². The van der Waals surface area contributed by atoms with Crippen LogP contribution < -0.4 is 11.1 Å². The van der Waals surface area contributed by atoms with Crippen LogP contribution in [0.3, 0.4) is 0 Å². The van der Waals surface area contributed by atoms with Crippen molar-refractivity contribution in [3.05, 3.63) is 0 Å². The lowest BCUT2D eigenvalue weighted by atomic mass is 9.80. The van der Waals surface area contributed by atoms with E-state index in [4.69, 9.17) is 5.73 Å². The number of hydrogen-bond donors (Lipinski definition) is 2. The van der Waals surface area contributed by atoms with Gasteiger partial charge in [0.2, 0.25) is 5.91 Å². The molecule has 2 aliphatic rings. The van der Waals surface area contributed by atoms with Gasteiger partial charge in [-0.05, 0) is 24.7 Å². The standard InChI is InChI=1S/C12H23N3O.ClH/c1-12(2)8-15(6-5-10(12)13)7-11(16)14-9-3-4-9;/h9-10H,3-8,13H2,1-2H3,(H,14,16);1H. The summed E-state index contributed by atoms with van der Waals surface area (Å²) in [6.07, 6.45) is 3.30. The summed E-state index contributed by atoms with van der Waals surface area (Å²) >= 11 is 0. The number of halogens is 1. The van der Waals surface area contributed by atoms with Gasteiger partial charge in [-0.2, -0.15) is 0 Å². The lowest BCUT2D eigenvalue weighted by molar-refractivity contribution is -0.123. The van der Waals surface area contributed by atoms with Gasteiger partial charge in [0.25, 0.3) is 0 Å². The number of carbonyl (C=O) groups excluding carboxylic acids is 1. The van der Waals surface area contributed by atoms with Crippen molar-refractivity contribution in [2.75, 3.05) is 19.6 Å². The summed E-state index contributed by atoms with van der Waals surface area (Å²) in [7, 11) is 0. The molecular formula is C12H24ClN3O. The Kier molecular flexibility index (Phi) is 4.81. The second kappa shape index (κ2) is 5.55. The molecule has 2 fully saturated rings. The van der Waals surface area contributed by atoms with Gasteiger partial charge in [-0.25, -0.2) is 0 Å². The molecule has 1 aliphatic carbocycles. The van der Waals surface area contributed by atoms with E-state index >= 15 is 0 Å². The van der Waals surface area contributed by atoms with Gasteiger partial charge in [-0.3, -0.25) is 9.69 Å². The van der Waals surface area contributed by atoms with Gasteiger partial charge in [0, 0.05) is 25.2 Å². The summed E-state index contributed by atoms with van der Waals surface area (Å²) in [5, 5.41) is 3.03. The number of rotatable bonds is 3. The Bertz CT molecular complexity index is 279. The van der Waals surface area contributed by atoms with E-state index < -0.39 is 0 Å². The highest BCUT2D eigenvalue weighted by molar-refractivity contribution is 5.85. The second-order valence-corrected chi connectivity index (χ2v) is 5.94. The van der Waals surface area contributed by atoms with Crippen LogP contribution in [0.4, 0.5) is 0 Å². The zero-order valence-corrected chi connectivity index (χ0v) is 11.6. The lowest BCUT2D eigenvalue weighted by Crippen LogP contribution is -2.54. The summed E-state index contributed by atoms with van der Waals surface area (Å²) < 4.78 is 0. The molecule has 1 heterocycles. The molecule has 4 nitrogen and oxygen atoms in total. The lowest BCUT2D eigenvalue weighted by Gasteiger charge is -2.42. The van der Waals surface area contributed by atoms with Crippen LogP contribution in [0.25, 0.3) is 0 Å². The van der Waals surface area contributed by atoms with E-state index in [2.05, 4.69) is 24.1 Å². The predicted octanol–water partition coefficient (Wildman–Crippen LogP) is 0.746. The first-order valence-electron chi connectivity index (χ1n) is 6.25. The van der Waals surface area contributed by atoms with Gasteiger partial charge in [-0.1, -0.05) is 13.8 Å². The molecule has 1 aliphatic heterocycles. The van der Waals surface area contributed by atoms with E-state index in [-0.39, 0.29) is 29.8 Å². The van der Waals surface area contributed by atoms with Crippen molar-refractivity contribution in [2.45, 2.75) is 45.2 Å². The largest absolute Gasteiger partial charge is 0.352 e. The van der Waals surface area contributed by atoms with E-state index in [0.717, 1.165) is 32.4 Å². The van der Waals surface area contributed by atoms with Gasteiger partial charge in [0.1, 0.15) is 0 Å². The molecule has 0 bridgehead atoms. The normalized spacial score (nSPS) is 28.3. The Morgan fingerprint density at radius 3 is 2.59 bits per heavy atom. The fourth-order valence-corrected chi connectivity index (χ4v) is 2.32. The van der Waals surface area contributed by atoms with Crippen molar-refractivity contribution < 1.29 is 4.79 Å². The molecule has 1 saturated carbocycles. The molecule has 0 aromatic rings. The quantitative estimate of drug-likeness (QED) is 0.788. The van der Waals surface area contributed by atoms with E-state index in [1.165, 1.54) is 0 Å². The highest BCUT2D eigenvalue weighted by Gasteiger charge is 2.34. The molecule has 2 rings (SSSR count). The number of nitrogens with zero attached hydrogens (tertiary/aromatic N) is 1. The number of likely N-dealkylation sites (tertiary alicyclic amines) is 1. The SMILES string of the molecule is CC1(C)CN(CC(=O)NC2CC2)CCC1N.Cl. The number of carbonyl (C=O) groups is 1. The van der Waals surface area contributed by atoms with E-state index in [1.807, 2.05) is 0 Å². The smallest absolute Gasteiger partial charge is 0.234 e. The fourth-order valence-electron chi connectivity index (χ4n) is 2.32. The van der Waals surface area contributed by atoms with Gasteiger partial charge >= 0.3 is 0 Å².